The molecule has 0 radical (unpaired) electrons. The normalized spacial score (nSPS) is 19.4. The van der Waals surface area contributed by atoms with E-state index in [0.29, 0.717) is 5.92 Å². The lowest BCUT2D eigenvalue weighted by molar-refractivity contribution is 0.454. The van der Waals surface area contributed by atoms with Crippen LogP contribution in [0.2, 0.25) is 0 Å². The number of hydrogen-bond donors (Lipinski definition) is 2. The molecule has 1 fully saturated rings. The fraction of sp³-hybridized carbons (Fsp3) is 0.545. The molecule has 92 valence electrons. The molecule has 0 amide bonds. The Kier molecular flexibility index (Phi) is 6.72. The second-order valence-electron chi connectivity index (χ2n) is 4.00. The van der Waals surface area contributed by atoms with E-state index in [2.05, 4.69) is 10.3 Å². The Bertz CT molecular complexity index is 372. The molecule has 0 spiro atoms. The van der Waals surface area contributed by atoms with Crippen molar-refractivity contribution in [2.45, 2.75) is 25.7 Å². The summed E-state index contributed by atoms with van der Waals surface area (Å²) < 4.78 is 0. The predicted molar refractivity (Wildman–Crippen MR) is 71.1 cm³/mol. The van der Waals surface area contributed by atoms with Crippen LogP contribution in [0.15, 0.2) is 16.9 Å². The number of aryl methyl sites for hydroxylation is 1. The van der Waals surface area contributed by atoms with Crippen LogP contribution in [-0.2, 0) is 0 Å². The first kappa shape index (κ1) is 15.5. The van der Waals surface area contributed by atoms with Crippen LogP contribution in [0.4, 0.5) is 0 Å². The average Bonchev–Trinajstić information content (AvgIpc) is 2.18. The molecule has 0 aliphatic carbocycles. The van der Waals surface area contributed by atoms with Crippen LogP contribution >= 0.6 is 24.8 Å². The first-order valence-corrected chi connectivity index (χ1v) is 5.17. The monoisotopic (exact) mass is 264 g/mol. The topological polar surface area (TPSA) is 44.9 Å². The van der Waals surface area contributed by atoms with Crippen molar-refractivity contribution in [3.05, 3.63) is 33.7 Å². The van der Waals surface area contributed by atoms with Crippen LogP contribution in [0, 0.1) is 6.92 Å². The Morgan fingerprint density at radius 3 is 2.62 bits per heavy atom. The highest BCUT2D eigenvalue weighted by Gasteiger charge is 2.15. The third kappa shape index (κ3) is 3.81. The number of H-pyrrole nitrogens is 1. The molecule has 1 aromatic heterocycles. The maximum Gasteiger partial charge on any atom is 0.182 e. The molecule has 2 N–H and O–H groups in total. The van der Waals surface area contributed by atoms with E-state index in [1.807, 2.05) is 6.92 Å². The standard InChI is InChI=1S/C11H16N2O.2ClH/c1-8-5-10(14)6-11(13-8)9-3-2-4-12-7-9;;/h5-6,9,12H,2-4,7H2,1H3,(H,13,14);2*1H. The average molecular weight is 265 g/mol. The SMILES string of the molecule is Cc1cc(=O)cc(C2CCCNC2)[nH]1.Cl.Cl. The van der Waals surface area contributed by atoms with Crippen molar-refractivity contribution in [1.82, 2.24) is 10.3 Å². The van der Waals surface area contributed by atoms with Gasteiger partial charge in [-0.1, -0.05) is 0 Å². The molecule has 0 bridgehead atoms. The lowest BCUT2D eigenvalue weighted by Gasteiger charge is -2.22. The summed E-state index contributed by atoms with van der Waals surface area (Å²) in [7, 11) is 0. The summed E-state index contributed by atoms with van der Waals surface area (Å²) in [5, 5.41) is 3.35. The molecular formula is C11H18Cl2N2O. The highest BCUT2D eigenvalue weighted by Crippen LogP contribution is 2.20. The van der Waals surface area contributed by atoms with E-state index >= 15 is 0 Å². The van der Waals surface area contributed by atoms with Gasteiger partial charge in [0.05, 0.1) is 0 Å². The van der Waals surface area contributed by atoms with Gasteiger partial charge in [-0.15, -0.1) is 24.8 Å². The van der Waals surface area contributed by atoms with Crippen molar-refractivity contribution >= 4 is 24.8 Å². The zero-order valence-corrected chi connectivity index (χ0v) is 10.9. The van der Waals surface area contributed by atoms with Crippen LogP contribution in [0.3, 0.4) is 0 Å². The highest BCUT2D eigenvalue weighted by molar-refractivity contribution is 5.85. The number of aromatic amines is 1. The van der Waals surface area contributed by atoms with E-state index in [1.54, 1.807) is 12.1 Å². The molecule has 1 aliphatic heterocycles. The number of aromatic nitrogens is 1. The van der Waals surface area contributed by atoms with Gasteiger partial charge in [-0.3, -0.25) is 4.79 Å². The molecule has 16 heavy (non-hydrogen) atoms. The van der Waals surface area contributed by atoms with E-state index in [9.17, 15) is 4.79 Å². The third-order valence-electron chi connectivity index (χ3n) is 2.73. The molecule has 1 aliphatic rings. The number of nitrogens with one attached hydrogen (secondary N) is 2. The van der Waals surface area contributed by atoms with Gasteiger partial charge in [-0.2, -0.15) is 0 Å². The van der Waals surface area contributed by atoms with Gasteiger partial charge in [-0.05, 0) is 26.3 Å². The Labute approximate surface area is 108 Å². The van der Waals surface area contributed by atoms with Gasteiger partial charge in [0.1, 0.15) is 0 Å². The number of piperidine rings is 1. The predicted octanol–water partition coefficient (Wildman–Crippen LogP) is 1.99. The fourth-order valence-corrected chi connectivity index (χ4v) is 2.05. The Morgan fingerprint density at radius 2 is 2.06 bits per heavy atom. The molecular weight excluding hydrogens is 247 g/mol. The highest BCUT2D eigenvalue weighted by atomic mass is 35.5. The van der Waals surface area contributed by atoms with Gasteiger partial charge in [0.25, 0.3) is 0 Å². The third-order valence-corrected chi connectivity index (χ3v) is 2.73. The quantitative estimate of drug-likeness (QED) is 0.815. The molecule has 5 heteroatoms. The number of hydrogen-bond acceptors (Lipinski definition) is 2. The lowest BCUT2D eigenvalue weighted by atomic mass is 9.95. The minimum atomic E-state index is 0. The van der Waals surface area contributed by atoms with E-state index in [4.69, 9.17) is 0 Å². The van der Waals surface area contributed by atoms with Gasteiger partial charge in [-0.25, -0.2) is 0 Å². The first-order valence-electron chi connectivity index (χ1n) is 5.17. The van der Waals surface area contributed by atoms with Gasteiger partial charge in [0, 0.05) is 36.0 Å². The summed E-state index contributed by atoms with van der Waals surface area (Å²) in [5.41, 5.74) is 2.15. The van der Waals surface area contributed by atoms with Crippen molar-refractivity contribution in [1.29, 1.82) is 0 Å². The zero-order chi connectivity index (χ0) is 9.97. The largest absolute Gasteiger partial charge is 0.362 e. The fourth-order valence-electron chi connectivity index (χ4n) is 2.05. The molecule has 1 saturated heterocycles. The zero-order valence-electron chi connectivity index (χ0n) is 9.29. The summed E-state index contributed by atoms with van der Waals surface area (Å²) in [6, 6.07) is 3.37. The molecule has 2 heterocycles. The second-order valence-corrected chi connectivity index (χ2v) is 4.00. The molecule has 1 aromatic rings. The lowest BCUT2D eigenvalue weighted by Crippen LogP contribution is -2.29. The van der Waals surface area contributed by atoms with E-state index in [1.165, 1.54) is 12.8 Å². The van der Waals surface area contributed by atoms with Crippen molar-refractivity contribution in [3.8, 4) is 0 Å². The van der Waals surface area contributed by atoms with Crippen LogP contribution in [-0.4, -0.2) is 18.1 Å². The van der Waals surface area contributed by atoms with Crippen molar-refractivity contribution in [2.24, 2.45) is 0 Å². The minimum Gasteiger partial charge on any atom is -0.362 e. The van der Waals surface area contributed by atoms with Crippen molar-refractivity contribution < 1.29 is 0 Å². The summed E-state index contributed by atoms with van der Waals surface area (Å²) in [4.78, 5) is 14.6. The molecule has 0 saturated carbocycles. The second kappa shape index (κ2) is 6.94. The van der Waals surface area contributed by atoms with Crippen molar-refractivity contribution in [2.75, 3.05) is 13.1 Å². The molecule has 1 atom stereocenters. The van der Waals surface area contributed by atoms with Gasteiger partial charge in [0.2, 0.25) is 0 Å². The van der Waals surface area contributed by atoms with Gasteiger partial charge in [0.15, 0.2) is 5.43 Å². The Balaban J connectivity index is 0.00000112. The van der Waals surface area contributed by atoms with Crippen LogP contribution in [0.1, 0.15) is 30.1 Å². The van der Waals surface area contributed by atoms with Crippen LogP contribution in [0.5, 0.6) is 0 Å². The minimum absolute atomic E-state index is 0. The number of pyridine rings is 1. The van der Waals surface area contributed by atoms with E-state index in [-0.39, 0.29) is 30.2 Å². The summed E-state index contributed by atoms with van der Waals surface area (Å²) >= 11 is 0. The summed E-state index contributed by atoms with van der Waals surface area (Å²) in [5.74, 6) is 0.483. The van der Waals surface area contributed by atoms with Crippen LogP contribution in [0.25, 0.3) is 0 Å². The smallest absolute Gasteiger partial charge is 0.182 e. The number of halogens is 2. The van der Waals surface area contributed by atoms with Crippen LogP contribution < -0.4 is 10.7 Å². The molecule has 3 nitrogen and oxygen atoms in total. The summed E-state index contributed by atoms with van der Waals surface area (Å²) in [6.07, 6.45) is 2.37. The van der Waals surface area contributed by atoms with Crippen molar-refractivity contribution in [3.63, 3.8) is 0 Å². The Hall–Kier alpha value is -0.510. The van der Waals surface area contributed by atoms with Gasteiger partial charge < -0.3 is 10.3 Å². The maximum atomic E-state index is 11.3. The summed E-state index contributed by atoms with van der Waals surface area (Å²) in [6.45, 7) is 4.02. The molecule has 0 aromatic carbocycles. The van der Waals surface area contributed by atoms with E-state index < -0.39 is 0 Å². The maximum absolute atomic E-state index is 11.3. The first-order chi connectivity index (χ1) is 6.75. The van der Waals surface area contributed by atoms with Gasteiger partial charge >= 0.3 is 0 Å². The number of rotatable bonds is 1. The molecule has 2 rings (SSSR count). The Morgan fingerprint density at radius 1 is 1.31 bits per heavy atom. The van der Waals surface area contributed by atoms with E-state index in [0.717, 1.165) is 24.5 Å². The molecule has 1 unspecified atom stereocenters.